The molecule has 0 bridgehead atoms. The second kappa shape index (κ2) is 3.54. The summed E-state index contributed by atoms with van der Waals surface area (Å²) in [5, 5.41) is 0. The molecule has 2 heterocycles. The van der Waals surface area contributed by atoms with Gasteiger partial charge in [0.1, 0.15) is 11.6 Å². The molecule has 0 aliphatic carbocycles. The fraction of sp³-hybridized carbons (Fsp3) is 0.500. The van der Waals surface area contributed by atoms with Crippen molar-refractivity contribution in [2.45, 2.75) is 25.6 Å². The molecule has 16 heavy (non-hydrogen) atoms. The Bertz CT molecular complexity index is 422. The first-order valence-electron chi connectivity index (χ1n) is 4.84. The number of aromatic nitrogens is 2. The van der Waals surface area contributed by atoms with Crippen molar-refractivity contribution in [1.82, 2.24) is 9.55 Å². The number of rotatable bonds is 1. The van der Waals surface area contributed by atoms with E-state index in [9.17, 15) is 13.2 Å². The Balaban J connectivity index is 2.35. The van der Waals surface area contributed by atoms with Gasteiger partial charge in [0, 0.05) is 12.6 Å². The zero-order chi connectivity index (χ0) is 11.9. The molecule has 1 aromatic heterocycles. The summed E-state index contributed by atoms with van der Waals surface area (Å²) in [5.41, 5.74) is -0.871. The summed E-state index contributed by atoms with van der Waals surface area (Å²) < 4.78 is 43.9. The van der Waals surface area contributed by atoms with Crippen molar-refractivity contribution in [3.8, 4) is 0 Å². The number of imidazole rings is 1. The fourth-order valence-corrected chi connectivity index (χ4v) is 1.79. The minimum Gasteiger partial charge on any atom is -0.496 e. The minimum atomic E-state index is -4.41. The molecular formula is C10H11F3N2O. The molecule has 0 amide bonds. The Kier molecular flexibility index (Phi) is 2.44. The van der Waals surface area contributed by atoms with E-state index in [2.05, 4.69) is 11.6 Å². The summed E-state index contributed by atoms with van der Waals surface area (Å²) >= 11 is 0. The molecule has 0 aromatic carbocycles. The Morgan fingerprint density at radius 3 is 2.69 bits per heavy atom. The highest BCUT2D eigenvalue weighted by Crippen LogP contribution is 2.33. The Morgan fingerprint density at radius 1 is 1.56 bits per heavy atom. The summed E-state index contributed by atoms with van der Waals surface area (Å²) in [7, 11) is 0. The molecule has 0 radical (unpaired) electrons. The Labute approximate surface area is 90.5 Å². The van der Waals surface area contributed by atoms with Gasteiger partial charge in [-0.1, -0.05) is 6.58 Å². The molecule has 88 valence electrons. The van der Waals surface area contributed by atoms with Crippen LogP contribution >= 0.6 is 0 Å². The fourth-order valence-electron chi connectivity index (χ4n) is 1.79. The molecule has 1 saturated heterocycles. The smallest absolute Gasteiger partial charge is 0.434 e. The van der Waals surface area contributed by atoms with Gasteiger partial charge in [-0.25, -0.2) is 4.98 Å². The highest BCUT2D eigenvalue weighted by atomic mass is 19.4. The van der Waals surface area contributed by atoms with E-state index < -0.39 is 11.9 Å². The predicted octanol–water partition coefficient (Wildman–Crippen LogP) is 2.69. The molecule has 1 atom stereocenters. The van der Waals surface area contributed by atoms with Crippen LogP contribution in [0.5, 0.6) is 0 Å². The van der Waals surface area contributed by atoms with Crippen molar-refractivity contribution in [3.63, 3.8) is 0 Å². The number of alkyl halides is 3. The van der Waals surface area contributed by atoms with Crippen LogP contribution in [0, 0.1) is 6.92 Å². The lowest BCUT2D eigenvalue weighted by Crippen LogP contribution is -2.08. The van der Waals surface area contributed by atoms with Crippen molar-refractivity contribution in [3.05, 3.63) is 30.1 Å². The van der Waals surface area contributed by atoms with Crippen LogP contribution in [0.1, 0.15) is 24.0 Å². The van der Waals surface area contributed by atoms with Gasteiger partial charge in [0.15, 0.2) is 5.69 Å². The number of hydrogen-bond acceptors (Lipinski definition) is 2. The summed E-state index contributed by atoms with van der Waals surface area (Å²) in [6.45, 7) is 5.70. The van der Waals surface area contributed by atoms with Gasteiger partial charge in [-0.3, -0.25) is 0 Å². The lowest BCUT2D eigenvalue weighted by Gasteiger charge is -2.12. The van der Waals surface area contributed by atoms with Gasteiger partial charge in [-0.05, 0) is 6.92 Å². The first kappa shape index (κ1) is 11.0. The summed E-state index contributed by atoms with van der Waals surface area (Å²) in [6.07, 6.45) is -2.76. The van der Waals surface area contributed by atoms with E-state index in [0.717, 1.165) is 6.20 Å². The van der Waals surface area contributed by atoms with Gasteiger partial charge < -0.3 is 9.30 Å². The molecule has 1 unspecified atom stereocenters. The highest BCUT2D eigenvalue weighted by Gasteiger charge is 2.36. The monoisotopic (exact) mass is 232 g/mol. The van der Waals surface area contributed by atoms with Crippen LogP contribution in [0.3, 0.4) is 0 Å². The Hall–Kier alpha value is -1.46. The number of halogens is 3. The molecule has 0 spiro atoms. The van der Waals surface area contributed by atoms with E-state index in [1.807, 2.05) is 0 Å². The maximum absolute atomic E-state index is 12.4. The van der Waals surface area contributed by atoms with Gasteiger partial charge in [-0.15, -0.1) is 0 Å². The molecule has 1 aromatic rings. The average Bonchev–Trinajstić information content (AvgIpc) is 2.70. The minimum absolute atomic E-state index is 0.233. The van der Waals surface area contributed by atoms with E-state index in [4.69, 9.17) is 4.74 Å². The third-order valence-electron chi connectivity index (χ3n) is 2.59. The molecule has 0 saturated carbocycles. The van der Waals surface area contributed by atoms with Crippen molar-refractivity contribution >= 4 is 0 Å². The number of allylic oxidation sites excluding steroid dienone is 1. The average molecular weight is 232 g/mol. The quantitative estimate of drug-likeness (QED) is 0.744. The van der Waals surface area contributed by atoms with E-state index in [1.54, 1.807) is 6.92 Å². The molecule has 1 aliphatic rings. The molecule has 2 rings (SSSR count). The lowest BCUT2D eigenvalue weighted by molar-refractivity contribution is -0.141. The molecule has 0 N–H and O–H groups in total. The molecule has 3 nitrogen and oxygen atoms in total. The third kappa shape index (κ3) is 1.79. The molecule has 1 aliphatic heterocycles. The number of nitrogens with zero attached hydrogens (tertiary/aromatic N) is 2. The van der Waals surface area contributed by atoms with Crippen LogP contribution in [-0.4, -0.2) is 16.2 Å². The van der Waals surface area contributed by atoms with E-state index in [1.165, 1.54) is 4.57 Å². The van der Waals surface area contributed by atoms with E-state index >= 15 is 0 Å². The van der Waals surface area contributed by atoms with Crippen molar-refractivity contribution in [1.29, 1.82) is 0 Å². The zero-order valence-corrected chi connectivity index (χ0v) is 8.71. The summed E-state index contributed by atoms with van der Waals surface area (Å²) in [4.78, 5) is 3.50. The van der Waals surface area contributed by atoms with Gasteiger partial charge in [0.2, 0.25) is 0 Å². The van der Waals surface area contributed by atoms with Gasteiger partial charge >= 0.3 is 6.18 Å². The summed E-state index contributed by atoms with van der Waals surface area (Å²) in [6, 6.07) is -0.233. The van der Waals surface area contributed by atoms with Crippen LogP contribution in [0.25, 0.3) is 0 Å². The first-order valence-corrected chi connectivity index (χ1v) is 4.84. The standard InChI is InChI=1S/C10H11F3N2O/c1-6-8(3-4-16-6)15-5-9(10(11,12)13)14-7(15)2/h5,8H,1,3-4H2,2H3. The van der Waals surface area contributed by atoms with Crippen molar-refractivity contribution in [2.75, 3.05) is 6.61 Å². The Morgan fingerprint density at radius 2 is 2.25 bits per heavy atom. The van der Waals surface area contributed by atoms with Crippen LogP contribution in [0.2, 0.25) is 0 Å². The van der Waals surface area contributed by atoms with Gasteiger partial charge in [0.25, 0.3) is 0 Å². The van der Waals surface area contributed by atoms with E-state index in [0.29, 0.717) is 24.6 Å². The molecule has 1 fully saturated rings. The summed E-state index contributed by atoms with van der Waals surface area (Å²) in [5.74, 6) is 0.818. The highest BCUT2D eigenvalue weighted by molar-refractivity contribution is 5.12. The van der Waals surface area contributed by atoms with Crippen LogP contribution in [0.15, 0.2) is 18.5 Å². The van der Waals surface area contributed by atoms with Crippen LogP contribution in [0.4, 0.5) is 13.2 Å². The van der Waals surface area contributed by atoms with Gasteiger partial charge in [0.05, 0.1) is 12.6 Å². The lowest BCUT2D eigenvalue weighted by atomic mass is 10.2. The first-order chi connectivity index (χ1) is 7.39. The topological polar surface area (TPSA) is 27.1 Å². The second-order valence-electron chi connectivity index (χ2n) is 3.70. The number of aryl methyl sites for hydroxylation is 1. The maximum atomic E-state index is 12.4. The zero-order valence-electron chi connectivity index (χ0n) is 8.71. The van der Waals surface area contributed by atoms with Crippen LogP contribution < -0.4 is 0 Å². The van der Waals surface area contributed by atoms with Gasteiger partial charge in [-0.2, -0.15) is 13.2 Å². The number of ether oxygens (including phenoxy) is 1. The van der Waals surface area contributed by atoms with E-state index in [-0.39, 0.29) is 6.04 Å². The largest absolute Gasteiger partial charge is 0.496 e. The molecular weight excluding hydrogens is 221 g/mol. The van der Waals surface area contributed by atoms with Crippen molar-refractivity contribution in [2.24, 2.45) is 0 Å². The molecule has 6 heteroatoms. The second-order valence-corrected chi connectivity index (χ2v) is 3.70. The predicted molar refractivity (Wildman–Crippen MR) is 50.7 cm³/mol. The van der Waals surface area contributed by atoms with Crippen molar-refractivity contribution < 1.29 is 17.9 Å². The maximum Gasteiger partial charge on any atom is 0.434 e. The van der Waals surface area contributed by atoms with Crippen LogP contribution in [-0.2, 0) is 10.9 Å². The normalized spacial score (nSPS) is 21.2. The SMILES string of the molecule is C=C1OCCC1n1cc(C(F)(F)F)nc1C. The third-order valence-corrected chi connectivity index (χ3v) is 2.59. The number of hydrogen-bond donors (Lipinski definition) is 0.